The Balaban J connectivity index is 1.52. The molecular formula is C25H25F3O3. The SMILES string of the molecule is C=CCCc1ccc2c(c1F)Oc1c(cc(OCC3CCC(C=C)CO3)c(F)c1F)C2. The second-order valence-electron chi connectivity index (χ2n) is 7.96. The molecule has 0 N–H and O–H groups in total. The monoisotopic (exact) mass is 430 g/mol. The third-order valence-corrected chi connectivity index (χ3v) is 5.83. The Morgan fingerprint density at radius 1 is 1.03 bits per heavy atom. The van der Waals surface area contributed by atoms with Gasteiger partial charge in [0.25, 0.3) is 0 Å². The lowest BCUT2D eigenvalue weighted by atomic mass is 9.96. The van der Waals surface area contributed by atoms with E-state index in [9.17, 15) is 13.2 Å². The molecule has 2 atom stereocenters. The molecule has 0 aromatic heterocycles. The summed E-state index contributed by atoms with van der Waals surface area (Å²) in [6.07, 6.45) is 6.33. The van der Waals surface area contributed by atoms with E-state index in [1.165, 1.54) is 6.07 Å². The Hall–Kier alpha value is -2.73. The van der Waals surface area contributed by atoms with Crippen molar-refractivity contribution < 1.29 is 27.4 Å². The van der Waals surface area contributed by atoms with Crippen molar-refractivity contribution >= 4 is 0 Å². The van der Waals surface area contributed by atoms with Crippen LogP contribution in [0.2, 0.25) is 0 Å². The molecule has 31 heavy (non-hydrogen) atoms. The summed E-state index contributed by atoms with van der Waals surface area (Å²) in [6.45, 7) is 8.07. The van der Waals surface area contributed by atoms with Crippen LogP contribution in [0.5, 0.6) is 17.2 Å². The molecule has 0 saturated carbocycles. The van der Waals surface area contributed by atoms with Crippen LogP contribution in [0.4, 0.5) is 13.2 Å². The smallest absolute Gasteiger partial charge is 0.205 e. The van der Waals surface area contributed by atoms with Gasteiger partial charge >= 0.3 is 0 Å². The molecule has 1 saturated heterocycles. The van der Waals surface area contributed by atoms with Crippen LogP contribution in [0.1, 0.15) is 36.0 Å². The average molecular weight is 430 g/mol. The lowest BCUT2D eigenvalue weighted by Gasteiger charge is -2.27. The molecule has 2 unspecified atom stereocenters. The van der Waals surface area contributed by atoms with Crippen molar-refractivity contribution in [3.8, 4) is 17.2 Å². The molecule has 164 valence electrons. The van der Waals surface area contributed by atoms with E-state index in [4.69, 9.17) is 14.2 Å². The number of fused-ring (bicyclic) bond motifs is 2. The molecule has 0 amide bonds. The summed E-state index contributed by atoms with van der Waals surface area (Å²) in [5, 5.41) is 0. The van der Waals surface area contributed by atoms with Crippen molar-refractivity contribution in [1.82, 2.24) is 0 Å². The number of rotatable bonds is 7. The maximum absolute atomic E-state index is 14.8. The molecule has 0 spiro atoms. The Morgan fingerprint density at radius 3 is 2.55 bits per heavy atom. The average Bonchev–Trinajstić information content (AvgIpc) is 2.79. The van der Waals surface area contributed by atoms with E-state index in [1.54, 1.807) is 18.2 Å². The van der Waals surface area contributed by atoms with Crippen molar-refractivity contribution in [1.29, 1.82) is 0 Å². The second-order valence-corrected chi connectivity index (χ2v) is 7.96. The zero-order valence-electron chi connectivity index (χ0n) is 17.3. The minimum atomic E-state index is -1.18. The largest absolute Gasteiger partial charge is 0.488 e. The number of benzene rings is 2. The fourth-order valence-corrected chi connectivity index (χ4v) is 3.95. The van der Waals surface area contributed by atoms with Gasteiger partial charge in [-0.25, -0.2) is 4.39 Å². The van der Waals surface area contributed by atoms with Gasteiger partial charge in [0.15, 0.2) is 23.1 Å². The van der Waals surface area contributed by atoms with Crippen LogP contribution in [-0.4, -0.2) is 19.3 Å². The summed E-state index contributed by atoms with van der Waals surface area (Å²) in [4.78, 5) is 0. The lowest BCUT2D eigenvalue weighted by Crippen LogP contribution is -2.30. The van der Waals surface area contributed by atoms with Crippen molar-refractivity contribution in [3.63, 3.8) is 0 Å². The summed E-state index contributed by atoms with van der Waals surface area (Å²) in [7, 11) is 0. The van der Waals surface area contributed by atoms with Crippen LogP contribution >= 0.6 is 0 Å². The topological polar surface area (TPSA) is 27.7 Å². The second kappa shape index (κ2) is 9.18. The minimum Gasteiger partial charge on any atom is -0.488 e. The van der Waals surface area contributed by atoms with Crippen LogP contribution in [-0.2, 0) is 17.6 Å². The van der Waals surface area contributed by atoms with Crippen molar-refractivity contribution in [2.75, 3.05) is 13.2 Å². The Kier molecular flexibility index (Phi) is 6.37. The highest BCUT2D eigenvalue weighted by atomic mass is 19.2. The summed E-state index contributed by atoms with van der Waals surface area (Å²) < 4.78 is 61.0. The molecule has 1 fully saturated rings. The van der Waals surface area contributed by atoms with E-state index in [-0.39, 0.29) is 36.4 Å². The fourth-order valence-electron chi connectivity index (χ4n) is 3.95. The number of hydrogen-bond acceptors (Lipinski definition) is 3. The van der Waals surface area contributed by atoms with E-state index in [0.717, 1.165) is 12.8 Å². The van der Waals surface area contributed by atoms with Crippen LogP contribution in [0.3, 0.4) is 0 Å². The zero-order chi connectivity index (χ0) is 22.0. The first-order chi connectivity index (χ1) is 15.0. The predicted octanol–water partition coefficient (Wildman–Crippen LogP) is 6.28. The van der Waals surface area contributed by atoms with Crippen molar-refractivity contribution in [2.45, 2.75) is 38.2 Å². The van der Waals surface area contributed by atoms with Gasteiger partial charge in [0, 0.05) is 23.5 Å². The summed E-state index contributed by atoms with van der Waals surface area (Å²) >= 11 is 0. The van der Waals surface area contributed by atoms with E-state index < -0.39 is 17.5 Å². The van der Waals surface area contributed by atoms with Crippen molar-refractivity contribution in [3.05, 3.63) is 77.7 Å². The van der Waals surface area contributed by atoms with E-state index in [2.05, 4.69) is 13.2 Å². The van der Waals surface area contributed by atoms with Crippen molar-refractivity contribution in [2.24, 2.45) is 5.92 Å². The maximum Gasteiger partial charge on any atom is 0.205 e. The Labute approximate surface area is 180 Å². The van der Waals surface area contributed by atoms with Gasteiger partial charge in [0.1, 0.15) is 6.61 Å². The first kappa shape index (κ1) is 21.5. The number of halogens is 3. The molecule has 2 aliphatic rings. The molecule has 2 aliphatic heterocycles. The van der Waals surface area contributed by atoms with Crippen LogP contribution in [0.15, 0.2) is 43.5 Å². The van der Waals surface area contributed by atoms with Crippen LogP contribution in [0.25, 0.3) is 0 Å². The maximum atomic E-state index is 14.8. The summed E-state index contributed by atoms with van der Waals surface area (Å²) in [6, 6.07) is 4.88. The fraction of sp³-hybridized carbons (Fsp3) is 0.360. The minimum absolute atomic E-state index is 0.0478. The highest BCUT2D eigenvalue weighted by Gasteiger charge is 2.29. The van der Waals surface area contributed by atoms with Gasteiger partial charge in [-0.3, -0.25) is 0 Å². The Morgan fingerprint density at radius 2 is 1.84 bits per heavy atom. The first-order valence-electron chi connectivity index (χ1n) is 10.5. The number of allylic oxidation sites excluding steroid dienone is 1. The molecule has 3 nitrogen and oxygen atoms in total. The Bertz CT molecular complexity index is 994. The third kappa shape index (κ3) is 4.35. The molecule has 2 aromatic rings. The number of aryl methyl sites for hydroxylation is 1. The van der Waals surface area contributed by atoms with Crippen LogP contribution < -0.4 is 9.47 Å². The summed E-state index contributed by atoms with van der Waals surface area (Å²) in [5.74, 6) is -3.09. The molecule has 0 bridgehead atoms. The number of ether oxygens (including phenoxy) is 3. The zero-order valence-corrected chi connectivity index (χ0v) is 17.3. The predicted molar refractivity (Wildman–Crippen MR) is 112 cm³/mol. The first-order valence-corrected chi connectivity index (χ1v) is 10.5. The van der Waals surface area contributed by atoms with Gasteiger partial charge < -0.3 is 14.2 Å². The van der Waals surface area contributed by atoms with Crippen LogP contribution in [0, 0.1) is 23.4 Å². The standard InChI is InChI=1S/C25H25F3O3/c1-3-5-6-16-8-9-17-11-18-12-20(30-14-19-10-7-15(4-2)13-29-19)22(27)23(28)25(18)31-24(17)21(16)26/h3-4,8-9,12,15,19H,1-2,5-7,10-11,13-14H2. The van der Waals surface area contributed by atoms with E-state index in [0.29, 0.717) is 42.1 Å². The van der Waals surface area contributed by atoms with E-state index in [1.807, 2.05) is 6.08 Å². The molecular weight excluding hydrogens is 405 g/mol. The molecule has 0 aliphatic carbocycles. The van der Waals surface area contributed by atoms with Gasteiger partial charge in [-0.05, 0) is 37.3 Å². The van der Waals surface area contributed by atoms with Gasteiger partial charge in [0.2, 0.25) is 11.6 Å². The van der Waals surface area contributed by atoms with Gasteiger partial charge in [0.05, 0.1) is 12.7 Å². The lowest BCUT2D eigenvalue weighted by molar-refractivity contribution is -0.0281. The molecule has 4 rings (SSSR count). The third-order valence-electron chi connectivity index (χ3n) is 5.83. The molecule has 6 heteroatoms. The van der Waals surface area contributed by atoms with Gasteiger partial charge in [-0.2, -0.15) is 8.78 Å². The molecule has 2 aromatic carbocycles. The number of hydrogen-bond donors (Lipinski definition) is 0. The van der Waals surface area contributed by atoms with Gasteiger partial charge in [-0.15, -0.1) is 13.2 Å². The van der Waals surface area contributed by atoms with E-state index >= 15 is 0 Å². The normalized spacial score (nSPS) is 19.7. The summed E-state index contributed by atoms with van der Waals surface area (Å²) in [5.41, 5.74) is 1.44. The highest BCUT2D eigenvalue weighted by Crippen LogP contribution is 2.43. The molecule has 2 heterocycles. The van der Waals surface area contributed by atoms with Gasteiger partial charge in [-0.1, -0.05) is 24.3 Å². The molecule has 0 radical (unpaired) electrons. The quantitative estimate of drug-likeness (QED) is 0.413. The highest BCUT2D eigenvalue weighted by molar-refractivity contribution is 5.54.